The summed E-state index contributed by atoms with van der Waals surface area (Å²) in [5.74, 6) is 1.67. The molecule has 0 spiro atoms. The Morgan fingerprint density at radius 3 is 2.96 bits per heavy atom. The number of hydrogen-bond donors (Lipinski definition) is 1. The van der Waals surface area contributed by atoms with E-state index in [1.165, 1.54) is 0 Å². The monoisotopic (exact) mass is 324 g/mol. The van der Waals surface area contributed by atoms with Gasteiger partial charge in [0.1, 0.15) is 11.6 Å². The third-order valence-corrected chi connectivity index (χ3v) is 4.55. The molecular formula is C17H20N6O. The molecule has 1 N–H and O–H groups in total. The molecule has 3 aromatic heterocycles. The molecule has 3 aromatic rings. The number of amides is 1. The van der Waals surface area contributed by atoms with Crippen molar-refractivity contribution in [1.29, 1.82) is 0 Å². The second kappa shape index (κ2) is 5.43. The molecular weight excluding hydrogens is 304 g/mol. The lowest BCUT2D eigenvalue weighted by atomic mass is 10.1. The van der Waals surface area contributed by atoms with Crippen LogP contribution in [0.5, 0.6) is 0 Å². The van der Waals surface area contributed by atoms with Crippen LogP contribution in [0.25, 0.3) is 11.0 Å². The van der Waals surface area contributed by atoms with Crippen molar-refractivity contribution in [2.75, 3.05) is 5.32 Å². The van der Waals surface area contributed by atoms with E-state index in [1.807, 2.05) is 27.0 Å². The van der Waals surface area contributed by atoms with Gasteiger partial charge in [0.2, 0.25) is 0 Å². The van der Waals surface area contributed by atoms with Crippen LogP contribution in [0.1, 0.15) is 40.4 Å². The van der Waals surface area contributed by atoms with E-state index in [9.17, 15) is 4.79 Å². The van der Waals surface area contributed by atoms with Crippen LogP contribution in [0, 0.1) is 13.8 Å². The summed E-state index contributed by atoms with van der Waals surface area (Å²) < 4.78 is 3.82. The smallest absolute Gasteiger partial charge is 0.257 e. The van der Waals surface area contributed by atoms with Crippen molar-refractivity contribution in [2.24, 2.45) is 7.05 Å². The average molecular weight is 324 g/mol. The van der Waals surface area contributed by atoms with Crippen molar-refractivity contribution in [3.05, 3.63) is 35.0 Å². The maximum Gasteiger partial charge on any atom is 0.257 e. The van der Waals surface area contributed by atoms with Crippen LogP contribution in [0.3, 0.4) is 0 Å². The number of carbonyl (C=O) groups is 1. The van der Waals surface area contributed by atoms with Crippen LogP contribution in [0.4, 0.5) is 5.82 Å². The molecule has 124 valence electrons. The van der Waals surface area contributed by atoms with Crippen molar-refractivity contribution in [3.8, 4) is 0 Å². The predicted octanol–water partition coefficient (Wildman–Crippen LogP) is 2.37. The first kappa shape index (κ1) is 14.9. The Kier molecular flexibility index (Phi) is 3.37. The van der Waals surface area contributed by atoms with Gasteiger partial charge in [-0.25, -0.2) is 9.97 Å². The molecule has 0 fully saturated rings. The van der Waals surface area contributed by atoms with Gasteiger partial charge in [-0.2, -0.15) is 5.10 Å². The van der Waals surface area contributed by atoms with Gasteiger partial charge in [0.15, 0.2) is 5.65 Å². The summed E-state index contributed by atoms with van der Waals surface area (Å²) in [7, 11) is 1.84. The predicted molar refractivity (Wildman–Crippen MR) is 91.1 cm³/mol. The third-order valence-electron chi connectivity index (χ3n) is 4.55. The van der Waals surface area contributed by atoms with Gasteiger partial charge in [-0.05, 0) is 32.8 Å². The van der Waals surface area contributed by atoms with Crippen molar-refractivity contribution < 1.29 is 4.79 Å². The Morgan fingerprint density at radius 2 is 2.12 bits per heavy atom. The molecule has 0 aromatic carbocycles. The summed E-state index contributed by atoms with van der Waals surface area (Å²) in [5, 5.41) is 8.22. The Hall–Kier alpha value is -2.70. The van der Waals surface area contributed by atoms with E-state index >= 15 is 0 Å². The molecule has 7 nitrogen and oxygen atoms in total. The number of rotatable bonds is 2. The largest absolute Gasteiger partial charge is 0.315 e. The quantitative estimate of drug-likeness (QED) is 0.785. The molecule has 4 rings (SSSR count). The fourth-order valence-electron chi connectivity index (χ4n) is 3.45. The normalized spacial score (nSPS) is 14.0. The molecule has 0 atom stereocenters. The second-order valence-corrected chi connectivity index (χ2v) is 6.34. The number of carbonyl (C=O) groups excluding carboxylic acids is 1. The number of aromatic nitrogens is 5. The summed E-state index contributed by atoms with van der Waals surface area (Å²) >= 11 is 0. The van der Waals surface area contributed by atoms with E-state index in [0.717, 1.165) is 59.9 Å². The van der Waals surface area contributed by atoms with Gasteiger partial charge in [-0.3, -0.25) is 9.48 Å². The maximum absolute atomic E-state index is 12.9. The van der Waals surface area contributed by atoms with Crippen molar-refractivity contribution in [1.82, 2.24) is 24.3 Å². The Labute approximate surface area is 139 Å². The molecule has 0 saturated heterocycles. The van der Waals surface area contributed by atoms with E-state index in [4.69, 9.17) is 0 Å². The van der Waals surface area contributed by atoms with Crippen LogP contribution in [-0.4, -0.2) is 30.2 Å². The number of nitrogens with one attached hydrogen (secondary N) is 1. The number of pyridine rings is 1. The fourth-order valence-corrected chi connectivity index (χ4v) is 3.45. The zero-order chi connectivity index (χ0) is 16.8. The van der Waals surface area contributed by atoms with Gasteiger partial charge in [-0.1, -0.05) is 0 Å². The Balaban J connectivity index is 1.75. The van der Waals surface area contributed by atoms with Gasteiger partial charge >= 0.3 is 0 Å². The highest BCUT2D eigenvalue weighted by molar-refractivity contribution is 6.12. The van der Waals surface area contributed by atoms with E-state index in [1.54, 1.807) is 10.9 Å². The molecule has 0 unspecified atom stereocenters. The van der Waals surface area contributed by atoms with Gasteiger partial charge in [0, 0.05) is 25.7 Å². The zero-order valence-electron chi connectivity index (χ0n) is 14.1. The minimum Gasteiger partial charge on any atom is -0.315 e. The van der Waals surface area contributed by atoms with Crippen LogP contribution in [0.15, 0.2) is 12.3 Å². The van der Waals surface area contributed by atoms with E-state index in [-0.39, 0.29) is 5.91 Å². The first-order chi connectivity index (χ1) is 11.5. The first-order valence-corrected chi connectivity index (χ1v) is 8.21. The zero-order valence-corrected chi connectivity index (χ0v) is 14.1. The highest BCUT2D eigenvalue weighted by Crippen LogP contribution is 2.24. The van der Waals surface area contributed by atoms with Crippen molar-refractivity contribution in [3.63, 3.8) is 0 Å². The van der Waals surface area contributed by atoms with Crippen LogP contribution in [0.2, 0.25) is 0 Å². The van der Waals surface area contributed by atoms with Crippen molar-refractivity contribution in [2.45, 2.75) is 39.7 Å². The highest BCUT2D eigenvalue weighted by Gasteiger charge is 2.20. The Bertz CT molecular complexity index is 952. The average Bonchev–Trinajstić information content (AvgIpc) is 3.08. The lowest BCUT2D eigenvalue weighted by Gasteiger charge is -2.16. The van der Waals surface area contributed by atoms with Gasteiger partial charge in [0.05, 0.1) is 22.8 Å². The number of fused-ring (bicyclic) bond motifs is 2. The number of nitrogens with zero attached hydrogens (tertiary/aromatic N) is 5. The highest BCUT2D eigenvalue weighted by atomic mass is 16.1. The van der Waals surface area contributed by atoms with Crippen LogP contribution >= 0.6 is 0 Å². The van der Waals surface area contributed by atoms with Gasteiger partial charge in [0.25, 0.3) is 5.91 Å². The van der Waals surface area contributed by atoms with E-state index in [2.05, 4.69) is 25.0 Å². The number of hydrogen-bond acceptors (Lipinski definition) is 4. The SMILES string of the molecule is Cc1cc(C(=O)Nc2cnc3n2CCCC3)c2c(C)nn(C)c2n1. The molecule has 0 radical (unpaired) electrons. The molecule has 1 aliphatic rings. The second-order valence-electron chi connectivity index (χ2n) is 6.34. The summed E-state index contributed by atoms with van der Waals surface area (Å²) in [6.07, 6.45) is 4.99. The molecule has 24 heavy (non-hydrogen) atoms. The minimum absolute atomic E-state index is 0.144. The fraction of sp³-hybridized carbons (Fsp3) is 0.412. The van der Waals surface area contributed by atoms with Crippen LogP contribution < -0.4 is 5.32 Å². The number of aryl methyl sites for hydroxylation is 4. The summed E-state index contributed by atoms with van der Waals surface area (Å²) in [6, 6.07) is 1.82. The topological polar surface area (TPSA) is 77.6 Å². The lowest BCUT2D eigenvalue weighted by molar-refractivity contribution is 0.102. The summed E-state index contributed by atoms with van der Waals surface area (Å²) in [4.78, 5) is 21.8. The molecule has 4 heterocycles. The number of imidazole rings is 1. The van der Waals surface area contributed by atoms with E-state index in [0.29, 0.717) is 5.56 Å². The first-order valence-electron chi connectivity index (χ1n) is 8.21. The standard InChI is InChI=1S/C17H20N6O/c1-10-8-12(15-11(2)21-22(3)16(15)19-10)17(24)20-14-9-18-13-6-4-5-7-23(13)14/h8-9H,4-7H2,1-3H3,(H,20,24). The molecule has 1 aliphatic heterocycles. The molecule has 7 heteroatoms. The molecule has 0 aliphatic carbocycles. The molecule has 1 amide bonds. The van der Waals surface area contributed by atoms with Crippen molar-refractivity contribution >= 4 is 22.8 Å². The van der Waals surface area contributed by atoms with Gasteiger partial charge in [-0.15, -0.1) is 0 Å². The minimum atomic E-state index is -0.144. The number of anilines is 1. The van der Waals surface area contributed by atoms with E-state index < -0.39 is 0 Å². The molecule has 0 bridgehead atoms. The maximum atomic E-state index is 12.9. The summed E-state index contributed by atoms with van der Waals surface area (Å²) in [5.41, 5.74) is 2.94. The van der Waals surface area contributed by atoms with Crippen LogP contribution in [-0.2, 0) is 20.0 Å². The molecule has 0 saturated carbocycles. The third kappa shape index (κ3) is 2.28. The van der Waals surface area contributed by atoms with Gasteiger partial charge < -0.3 is 9.88 Å². The summed E-state index contributed by atoms with van der Waals surface area (Å²) in [6.45, 7) is 4.69. The Morgan fingerprint density at radius 1 is 1.29 bits per heavy atom. The lowest BCUT2D eigenvalue weighted by Crippen LogP contribution is -2.18.